The van der Waals surface area contributed by atoms with Crippen molar-refractivity contribution in [3.05, 3.63) is 35.9 Å². The molecule has 1 aromatic rings. The van der Waals surface area contributed by atoms with E-state index in [0.717, 1.165) is 0 Å². The molecule has 0 aliphatic rings. The van der Waals surface area contributed by atoms with Crippen LogP contribution in [0.4, 0.5) is 0 Å². The van der Waals surface area contributed by atoms with Gasteiger partial charge < -0.3 is 9.64 Å². The fourth-order valence-electron chi connectivity index (χ4n) is 2.12. The van der Waals surface area contributed by atoms with Crippen molar-refractivity contribution in [1.29, 1.82) is 0 Å². The monoisotopic (exact) mass is 305 g/mol. The first kappa shape index (κ1) is 17.9. The zero-order valence-corrected chi connectivity index (χ0v) is 13.4. The van der Waals surface area contributed by atoms with Gasteiger partial charge in [0.25, 0.3) is 0 Å². The van der Waals surface area contributed by atoms with Gasteiger partial charge in [0.15, 0.2) is 5.78 Å². The molecule has 0 bridgehead atoms. The third kappa shape index (κ3) is 5.68. The van der Waals surface area contributed by atoms with Gasteiger partial charge in [0, 0.05) is 31.0 Å². The van der Waals surface area contributed by atoms with E-state index in [9.17, 15) is 14.4 Å². The van der Waals surface area contributed by atoms with Gasteiger partial charge in [-0.15, -0.1) is 0 Å². The second-order valence-corrected chi connectivity index (χ2v) is 5.30. The molecule has 120 valence electrons. The van der Waals surface area contributed by atoms with Gasteiger partial charge in [-0.05, 0) is 13.8 Å². The van der Waals surface area contributed by atoms with Gasteiger partial charge in [0.2, 0.25) is 5.91 Å². The number of esters is 1. The lowest BCUT2D eigenvalue weighted by Crippen LogP contribution is -2.38. The molecule has 0 aliphatic heterocycles. The Kier molecular flexibility index (Phi) is 7.29. The summed E-state index contributed by atoms with van der Waals surface area (Å²) in [7, 11) is 1.32. The number of ketones is 1. The molecule has 0 fully saturated rings. The number of carbonyl (C=O) groups excluding carboxylic acids is 3. The highest BCUT2D eigenvalue weighted by atomic mass is 16.5. The molecule has 0 aliphatic carbocycles. The summed E-state index contributed by atoms with van der Waals surface area (Å²) in [4.78, 5) is 37.1. The van der Waals surface area contributed by atoms with Crippen molar-refractivity contribution in [1.82, 2.24) is 4.90 Å². The summed E-state index contributed by atoms with van der Waals surface area (Å²) >= 11 is 0. The average Bonchev–Trinajstić information content (AvgIpc) is 2.52. The highest BCUT2D eigenvalue weighted by Gasteiger charge is 2.19. The smallest absolute Gasteiger partial charge is 0.307 e. The minimum Gasteiger partial charge on any atom is -0.469 e. The number of carbonyl (C=O) groups is 3. The maximum Gasteiger partial charge on any atom is 0.307 e. The number of methoxy groups -OCH3 is 1. The minimum absolute atomic E-state index is 0.0241. The summed E-state index contributed by atoms with van der Waals surface area (Å²) < 4.78 is 4.59. The lowest BCUT2D eigenvalue weighted by molar-refractivity contribution is -0.142. The Balaban J connectivity index is 2.53. The Hall–Kier alpha value is -2.17. The number of nitrogens with zero attached hydrogens (tertiary/aromatic N) is 1. The molecule has 1 rings (SSSR count). The Morgan fingerprint density at radius 1 is 1.05 bits per heavy atom. The molecule has 0 unspecified atom stereocenters. The van der Waals surface area contributed by atoms with E-state index >= 15 is 0 Å². The van der Waals surface area contributed by atoms with E-state index in [-0.39, 0.29) is 43.0 Å². The van der Waals surface area contributed by atoms with Gasteiger partial charge in [0.1, 0.15) is 0 Å². The Labute approximate surface area is 131 Å². The van der Waals surface area contributed by atoms with Crippen LogP contribution in [0.1, 0.15) is 43.5 Å². The molecule has 1 aromatic carbocycles. The molecule has 0 radical (unpaired) electrons. The molecule has 0 N–H and O–H groups in total. The molecule has 0 atom stereocenters. The summed E-state index contributed by atoms with van der Waals surface area (Å²) in [5.41, 5.74) is 0.612. The van der Waals surface area contributed by atoms with Crippen molar-refractivity contribution in [2.45, 2.75) is 39.2 Å². The number of hydrogen-bond acceptors (Lipinski definition) is 4. The molecule has 5 nitrogen and oxygen atoms in total. The third-order valence-electron chi connectivity index (χ3n) is 3.39. The molecular weight excluding hydrogens is 282 g/mol. The predicted molar refractivity (Wildman–Crippen MR) is 83.5 cm³/mol. The Morgan fingerprint density at radius 2 is 1.68 bits per heavy atom. The first-order valence-corrected chi connectivity index (χ1v) is 7.40. The highest BCUT2D eigenvalue weighted by Crippen LogP contribution is 2.09. The van der Waals surface area contributed by atoms with Gasteiger partial charge in [0.05, 0.1) is 13.5 Å². The van der Waals surface area contributed by atoms with E-state index in [4.69, 9.17) is 0 Å². The quantitative estimate of drug-likeness (QED) is 0.546. The van der Waals surface area contributed by atoms with Crippen LogP contribution in [-0.4, -0.2) is 42.3 Å². The standard InChI is InChI=1S/C17H23NO4/c1-13(2)18(12-11-17(21)22-3)16(20)10-9-15(19)14-7-5-4-6-8-14/h4-8,13H,9-12H2,1-3H3. The summed E-state index contributed by atoms with van der Waals surface area (Å²) in [6.07, 6.45) is 0.477. The molecule has 5 heteroatoms. The fourth-order valence-corrected chi connectivity index (χ4v) is 2.12. The number of rotatable bonds is 8. The second-order valence-electron chi connectivity index (χ2n) is 5.30. The first-order valence-electron chi connectivity index (χ1n) is 7.40. The summed E-state index contributed by atoms with van der Waals surface area (Å²) in [5.74, 6) is -0.521. The SMILES string of the molecule is COC(=O)CCN(C(=O)CCC(=O)c1ccccc1)C(C)C. The van der Waals surface area contributed by atoms with Crippen molar-refractivity contribution >= 4 is 17.7 Å². The van der Waals surface area contributed by atoms with Crippen LogP contribution >= 0.6 is 0 Å². The van der Waals surface area contributed by atoms with Crippen molar-refractivity contribution in [2.75, 3.05) is 13.7 Å². The lowest BCUT2D eigenvalue weighted by atomic mass is 10.1. The van der Waals surface area contributed by atoms with E-state index in [0.29, 0.717) is 12.1 Å². The van der Waals surface area contributed by atoms with Crippen LogP contribution in [-0.2, 0) is 14.3 Å². The Morgan fingerprint density at radius 3 is 2.23 bits per heavy atom. The van der Waals surface area contributed by atoms with Crippen molar-refractivity contribution < 1.29 is 19.1 Å². The number of hydrogen-bond donors (Lipinski definition) is 0. The molecule has 0 saturated carbocycles. The highest BCUT2D eigenvalue weighted by molar-refractivity contribution is 5.97. The number of ether oxygens (including phenoxy) is 1. The van der Waals surface area contributed by atoms with Crippen LogP contribution < -0.4 is 0 Å². The normalized spacial score (nSPS) is 10.4. The number of benzene rings is 1. The van der Waals surface area contributed by atoms with Gasteiger partial charge in [-0.25, -0.2) is 0 Å². The summed E-state index contributed by atoms with van der Waals surface area (Å²) in [5, 5.41) is 0. The van der Waals surface area contributed by atoms with Gasteiger partial charge in [-0.3, -0.25) is 14.4 Å². The van der Waals surface area contributed by atoms with Gasteiger partial charge in [-0.1, -0.05) is 30.3 Å². The van der Waals surface area contributed by atoms with Crippen LogP contribution in [0.5, 0.6) is 0 Å². The molecule has 0 aromatic heterocycles. The fraction of sp³-hybridized carbons (Fsp3) is 0.471. The van der Waals surface area contributed by atoms with Crippen LogP contribution in [0.25, 0.3) is 0 Å². The van der Waals surface area contributed by atoms with Crippen LogP contribution in [0.2, 0.25) is 0 Å². The first-order chi connectivity index (χ1) is 10.5. The minimum atomic E-state index is -0.348. The zero-order chi connectivity index (χ0) is 16.5. The van der Waals surface area contributed by atoms with E-state index < -0.39 is 0 Å². The molecule has 1 amide bonds. The summed E-state index contributed by atoms with van der Waals surface area (Å²) in [6, 6.07) is 8.89. The molecule has 0 spiro atoms. The maximum atomic E-state index is 12.2. The van der Waals surface area contributed by atoms with Crippen molar-refractivity contribution in [2.24, 2.45) is 0 Å². The van der Waals surface area contributed by atoms with Gasteiger partial charge in [-0.2, -0.15) is 0 Å². The average molecular weight is 305 g/mol. The molecule has 0 saturated heterocycles. The van der Waals surface area contributed by atoms with Gasteiger partial charge >= 0.3 is 5.97 Å². The van der Waals surface area contributed by atoms with Crippen LogP contribution in [0, 0.1) is 0 Å². The topological polar surface area (TPSA) is 63.7 Å². The maximum absolute atomic E-state index is 12.2. The van der Waals surface area contributed by atoms with Crippen LogP contribution in [0.3, 0.4) is 0 Å². The van der Waals surface area contributed by atoms with Crippen molar-refractivity contribution in [3.63, 3.8) is 0 Å². The second kappa shape index (κ2) is 8.97. The molecular formula is C17H23NO4. The largest absolute Gasteiger partial charge is 0.469 e. The Bertz CT molecular complexity index is 511. The van der Waals surface area contributed by atoms with E-state index in [1.807, 2.05) is 19.9 Å². The van der Waals surface area contributed by atoms with Crippen molar-refractivity contribution in [3.8, 4) is 0 Å². The zero-order valence-electron chi connectivity index (χ0n) is 13.4. The molecule has 0 heterocycles. The third-order valence-corrected chi connectivity index (χ3v) is 3.39. The van der Waals surface area contributed by atoms with E-state index in [2.05, 4.69) is 4.74 Å². The molecule has 22 heavy (non-hydrogen) atoms. The number of Topliss-reactive ketones (excluding diaryl/α,β-unsaturated/α-hetero) is 1. The van der Waals surface area contributed by atoms with Crippen LogP contribution in [0.15, 0.2) is 30.3 Å². The predicted octanol–water partition coefficient (Wildman–Crippen LogP) is 2.45. The number of amides is 1. The van der Waals surface area contributed by atoms with E-state index in [1.54, 1.807) is 29.2 Å². The lowest BCUT2D eigenvalue weighted by Gasteiger charge is -2.26. The van der Waals surface area contributed by atoms with E-state index in [1.165, 1.54) is 7.11 Å². The summed E-state index contributed by atoms with van der Waals surface area (Å²) in [6.45, 7) is 4.07.